The molecule has 0 aliphatic carbocycles. The number of thioether (sulfide) groups is 2. The monoisotopic (exact) mass is 879 g/mol. The van der Waals surface area contributed by atoms with Crippen LogP contribution in [0.5, 0.6) is 23.0 Å². The van der Waals surface area contributed by atoms with Gasteiger partial charge in [0.25, 0.3) is 17.6 Å². The van der Waals surface area contributed by atoms with Gasteiger partial charge >= 0.3 is 35.5 Å². The Balaban J connectivity index is 0.00000567. The van der Waals surface area contributed by atoms with Crippen molar-refractivity contribution in [2.24, 2.45) is 5.16 Å². The molecule has 2 aliphatic heterocycles. The van der Waals surface area contributed by atoms with Crippen molar-refractivity contribution < 1.29 is 53.2 Å². The van der Waals surface area contributed by atoms with Gasteiger partial charge in [-0.1, -0.05) is 11.2 Å². The molecule has 0 bridgehead atoms. The number of β-lactam (4-membered cyclic amide) rings is 1. The fourth-order valence-electron chi connectivity index (χ4n) is 5.71. The molecule has 0 radical (unpaired) electrons. The molecule has 1 fully saturated rings. The fraction of sp³-hybridized carbons (Fsp3) is 0.212. The number of nitrogens with zero attached hydrogens (tertiary/aromatic N) is 7. The molecule has 298 valence electrons. The van der Waals surface area contributed by atoms with E-state index in [1.807, 2.05) is 0 Å². The summed E-state index contributed by atoms with van der Waals surface area (Å²) in [5.74, 6) is -5.06. The summed E-state index contributed by atoms with van der Waals surface area (Å²) in [6.45, 7) is 1.49. The molecule has 2 aromatic carbocycles. The number of nitrogen functional groups attached to an aromatic ring is 1. The Morgan fingerprint density at radius 3 is 2.45 bits per heavy atom. The zero-order valence-electron chi connectivity index (χ0n) is 29.1. The summed E-state index contributed by atoms with van der Waals surface area (Å²) in [4.78, 5) is 58.5. The molecular weight excluding hydrogens is 850 g/mol. The number of aromatic hydroxyl groups is 4. The molecular formula is C33H30N9NaO11S4. The van der Waals surface area contributed by atoms with Crippen LogP contribution >= 0.6 is 34.9 Å². The summed E-state index contributed by atoms with van der Waals surface area (Å²) in [5, 5.41) is 61.1. The van der Waals surface area contributed by atoms with Crippen molar-refractivity contribution >= 4 is 109 Å². The van der Waals surface area contributed by atoms with E-state index in [-0.39, 0.29) is 97.9 Å². The molecule has 25 heteroatoms. The first-order valence-corrected chi connectivity index (χ1v) is 20.9. The van der Waals surface area contributed by atoms with Gasteiger partial charge in [-0.05, 0) is 48.4 Å². The fourth-order valence-corrected chi connectivity index (χ4v) is 9.98. The van der Waals surface area contributed by atoms with Crippen LogP contribution in [0.25, 0.3) is 5.78 Å². The number of rotatable bonds is 13. The van der Waals surface area contributed by atoms with Gasteiger partial charge < -0.3 is 41.4 Å². The van der Waals surface area contributed by atoms with Gasteiger partial charge in [0.05, 0.1) is 4.90 Å². The van der Waals surface area contributed by atoms with Crippen LogP contribution in [0.4, 0.5) is 5.13 Å². The van der Waals surface area contributed by atoms with Crippen LogP contribution in [0.15, 0.2) is 74.2 Å². The number of carboxylic acid groups (broad SMARTS) is 1. The molecule has 20 nitrogen and oxygen atoms in total. The molecule has 8 N–H and O–H groups in total. The maximum atomic E-state index is 13.5. The predicted molar refractivity (Wildman–Crippen MR) is 211 cm³/mol. The van der Waals surface area contributed by atoms with Gasteiger partial charge in [0.15, 0.2) is 49.5 Å². The first kappa shape index (κ1) is 42.5. The molecule has 3 aromatic heterocycles. The maximum absolute atomic E-state index is 13.5. The van der Waals surface area contributed by atoms with E-state index in [0.717, 1.165) is 34.4 Å². The van der Waals surface area contributed by atoms with Crippen LogP contribution < -0.4 is 11.1 Å². The molecule has 5 aromatic rings. The summed E-state index contributed by atoms with van der Waals surface area (Å²) < 4.78 is 27.4. The number of oxime groups is 1. The predicted octanol–water partition coefficient (Wildman–Crippen LogP) is 1.07. The first-order chi connectivity index (χ1) is 27.1. The zero-order valence-corrected chi connectivity index (χ0v) is 32.4. The molecule has 2 amide bonds. The number of aliphatic carboxylic acids is 1. The van der Waals surface area contributed by atoms with Crippen molar-refractivity contribution in [3.05, 3.63) is 81.9 Å². The number of amides is 2. The standard InChI is InChI=1S/C33H29N9O11S4.Na.H/c1-14-6-24(42-33(35-14)37-23(39-42)13-57(51,52)17-3-5-20(44)22(46)8-17)54-10-16-11-55-30-26(29(48)41(30)27(16)31(49)50)38-28(47)25(18-12-56-32(34)36-18)40-53-9-15-2-4-19(43)21(45)7-15;;/h2-8,12,26,30,43-46H,9-11,13H2,1H3,(H2,34,36)(H,38,47)(H,49,50);;/b40-25-;;/t26-,30-;;/m1../s1. The summed E-state index contributed by atoms with van der Waals surface area (Å²) in [6, 6.07) is 7.62. The molecule has 5 heterocycles. The van der Waals surface area contributed by atoms with Crippen LogP contribution in [0.3, 0.4) is 0 Å². The number of carboxylic acids is 1. The number of nitrogens with two attached hydrogens (primary N) is 1. The second-order valence-corrected chi connectivity index (χ2v) is 17.4. The van der Waals surface area contributed by atoms with E-state index in [9.17, 15) is 48.3 Å². The number of nitrogens with one attached hydrogen (secondary N) is 1. The average molecular weight is 880 g/mol. The van der Waals surface area contributed by atoms with Crippen LogP contribution in [-0.2, 0) is 41.4 Å². The molecule has 2 aliphatic rings. The van der Waals surface area contributed by atoms with Gasteiger partial charge in [-0.2, -0.15) is 9.50 Å². The van der Waals surface area contributed by atoms with E-state index >= 15 is 0 Å². The van der Waals surface area contributed by atoms with Gasteiger partial charge in [-0.3, -0.25) is 14.5 Å². The van der Waals surface area contributed by atoms with Crippen molar-refractivity contribution in [2.75, 3.05) is 17.2 Å². The number of hydrogen-bond donors (Lipinski definition) is 7. The first-order valence-electron chi connectivity index (χ1n) is 16.3. The number of thiazole rings is 1. The molecule has 2 atom stereocenters. The third kappa shape index (κ3) is 8.67. The van der Waals surface area contributed by atoms with E-state index in [4.69, 9.17) is 10.6 Å². The van der Waals surface area contributed by atoms with E-state index in [1.54, 1.807) is 13.0 Å². The topological polar surface area (TPSA) is 305 Å². The van der Waals surface area contributed by atoms with Gasteiger partial charge in [0.2, 0.25) is 0 Å². The minimum absolute atomic E-state index is 0. The molecule has 0 saturated carbocycles. The van der Waals surface area contributed by atoms with Gasteiger partial charge in [-0.15, -0.1) is 40.0 Å². The van der Waals surface area contributed by atoms with Gasteiger partial charge in [0.1, 0.15) is 40.2 Å². The third-order valence-corrected chi connectivity index (χ3v) is 13.1. The van der Waals surface area contributed by atoms with Crippen molar-refractivity contribution in [1.29, 1.82) is 0 Å². The van der Waals surface area contributed by atoms with Crippen molar-refractivity contribution in [1.82, 2.24) is 34.8 Å². The Morgan fingerprint density at radius 2 is 1.78 bits per heavy atom. The summed E-state index contributed by atoms with van der Waals surface area (Å²) >= 11 is 3.44. The van der Waals surface area contributed by atoms with Crippen molar-refractivity contribution in [3.63, 3.8) is 0 Å². The van der Waals surface area contributed by atoms with Crippen LogP contribution in [-0.4, -0.2) is 139 Å². The Kier molecular flexibility index (Phi) is 12.5. The molecule has 58 heavy (non-hydrogen) atoms. The number of phenolic OH excluding ortho intramolecular Hbond substituents is 4. The zero-order chi connectivity index (χ0) is 40.8. The second kappa shape index (κ2) is 17.0. The summed E-state index contributed by atoms with van der Waals surface area (Å²) in [6.07, 6.45) is 0. The average Bonchev–Trinajstić information content (AvgIpc) is 3.77. The molecule has 1 saturated heterocycles. The Bertz CT molecular complexity index is 2650. The summed E-state index contributed by atoms with van der Waals surface area (Å²) in [7, 11) is -4.05. The molecule has 7 rings (SSSR count). The third-order valence-electron chi connectivity index (χ3n) is 8.41. The second-order valence-electron chi connectivity index (χ2n) is 12.4. The van der Waals surface area contributed by atoms with Gasteiger partial charge in [0, 0.05) is 28.6 Å². The summed E-state index contributed by atoms with van der Waals surface area (Å²) in [5.41, 5.74) is 6.63. The number of anilines is 1. The Morgan fingerprint density at radius 1 is 1.05 bits per heavy atom. The molecule has 0 unspecified atom stereocenters. The normalized spacial score (nSPS) is 16.7. The number of carbonyl (C=O) groups excluding carboxylic acids is 2. The number of sulfone groups is 1. The number of phenols is 4. The van der Waals surface area contributed by atoms with E-state index < -0.39 is 56.3 Å². The van der Waals surface area contributed by atoms with Crippen molar-refractivity contribution in [3.8, 4) is 23.0 Å². The number of hydrogen-bond acceptors (Lipinski definition) is 19. The van der Waals surface area contributed by atoms with Gasteiger partial charge in [-0.25, -0.2) is 23.2 Å². The number of fused-ring (bicyclic) bond motifs is 2. The number of carbonyl (C=O) groups is 3. The minimum atomic E-state index is -4.05. The Hall–Kier alpha value is -5.11. The van der Waals surface area contributed by atoms with Crippen LogP contribution in [0, 0.1) is 6.92 Å². The number of aryl methyl sites for hydroxylation is 1. The van der Waals surface area contributed by atoms with E-state index in [0.29, 0.717) is 21.9 Å². The van der Waals surface area contributed by atoms with Crippen molar-refractivity contribution in [2.45, 2.75) is 40.6 Å². The molecule has 0 spiro atoms. The SMILES string of the molecule is Cc1cc(SCC2=C(C(=O)O)N3C(=O)[C@@H](NC(=O)/C(=N\OCc4ccc(O)c(O)c4)c4csc(N)n4)[C@H]3SC2)n2nc(CS(=O)(=O)c3ccc(O)c(O)c3)nc2n1.[NaH]. The van der Waals surface area contributed by atoms with Crippen LogP contribution in [0.2, 0.25) is 0 Å². The quantitative estimate of drug-likeness (QED) is 0.0165. The Labute approximate surface area is 362 Å². The number of aromatic nitrogens is 5. The van der Waals surface area contributed by atoms with Crippen LogP contribution in [0.1, 0.15) is 22.8 Å². The number of benzene rings is 2. The van der Waals surface area contributed by atoms with E-state index in [1.165, 1.54) is 51.6 Å². The van der Waals surface area contributed by atoms with E-state index in [2.05, 4.69) is 30.5 Å².